The summed E-state index contributed by atoms with van der Waals surface area (Å²) in [5, 5.41) is 11.7. The fraction of sp³-hybridized carbons (Fsp3) is 0.500. The van der Waals surface area contributed by atoms with Crippen LogP contribution in [0, 0.1) is 5.92 Å². The van der Waals surface area contributed by atoms with Crippen molar-refractivity contribution in [3.63, 3.8) is 0 Å². The Hall–Kier alpha value is -1.08. The number of halogens is 1. The Labute approximate surface area is 124 Å². The molecule has 0 aliphatic rings. The van der Waals surface area contributed by atoms with E-state index in [1.807, 2.05) is 6.92 Å². The maximum absolute atomic E-state index is 12.0. The average Bonchev–Trinajstić information content (AvgIpc) is 2.75. The molecule has 1 aromatic heterocycles. The Bertz CT molecular complexity index is 474. The van der Waals surface area contributed by atoms with Crippen molar-refractivity contribution < 1.29 is 19.4 Å². The average molecular weight is 350 g/mol. The van der Waals surface area contributed by atoms with Crippen molar-refractivity contribution in [2.45, 2.75) is 26.3 Å². The van der Waals surface area contributed by atoms with E-state index >= 15 is 0 Å². The van der Waals surface area contributed by atoms with Crippen LogP contribution in [0.25, 0.3) is 0 Å². The zero-order chi connectivity index (χ0) is 14.6. The van der Waals surface area contributed by atoms with Crippen molar-refractivity contribution in [2.75, 3.05) is 7.11 Å². The van der Waals surface area contributed by atoms with Gasteiger partial charge in [-0.25, -0.2) is 4.79 Å². The first-order valence-electron chi connectivity index (χ1n) is 5.77. The van der Waals surface area contributed by atoms with Crippen LogP contribution in [-0.4, -0.2) is 30.1 Å². The van der Waals surface area contributed by atoms with Gasteiger partial charge in [0, 0.05) is 6.07 Å². The van der Waals surface area contributed by atoms with Gasteiger partial charge in [0.25, 0.3) is 5.91 Å². The number of rotatable bonds is 6. The van der Waals surface area contributed by atoms with Crippen molar-refractivity contribution in [2.24, 2.45) is 5.92 Å². The summed E-state index contributed by atoms with van der Waals surface area (Å²) in [5.41, 5.74) is 0. The molecule has 0 saturated carbocycles. The van der Waals surface area contributed by atoms with Crippen LogP contribution in [0.1, 0.15) is 29.9 Å². The number of thiophene rings is 1. The predicted molar refractivity (Wildman–Crippen MR) is 76.9 cm³/mol. The minimum absolute atomic E-state index is 0.133. The van der Waals surface area contributed by atoms with E-state index in [1.165, 1.54) is 18.4 Å². The van der Waals surface area contributed by atoms with Crippen LogP contribution >= 0.6 is 27.3 Å². The number of amides is 1. The molecule has 0 aromatic carbocycles. The van der Waals surface area contributed by atoms with Gasteiger partial charge in [0.1, 0.15) is 15.6 Å². The smallest absolute Gasteiger partial charge is 0.326 e. The molecule has 2 N–H and O–H groups in total. The monoisotopic (exact) mass is 349 g/mol. The van der Waals surface area contributed by atoms with Crippen LogP contribution in [0.5, 0.6) is 5.75 Å². The van der Waals surface area contributed by atoms with Gasteiger partial charge in [0.15, 0.2) is 0 Å². The number of carboxylic acids is 1. The summed E-state index contributed by atoms with van der Waals surface area (Å²) in [7, 11) is 1.51. The van der Waals surface area contributed by atoms with Crippen LogP contribution in [0.15, 0.2) is 9.85 Å². The first kappa shape index (κ1) is 16.0. The second-order valence-corrected chi connectivity index (χ2v) is 6.50. The zero-order valence-electron chi connectivity index (χ0n) is 10.9. The highest BCUT2D eigenvalue weighted by molar-refractivity contribution is 9.11. The van der Waals surface area contributed by atoms with Crippen molar-refractivity contribution in [1.82, 2.24) is 5.32 Å². The summed E-state index contributed by atoms with van der Waals surface area (Å²) in [6.45, 7) is 3.68. The maximum atomic E-state index is 12.0. The van der Waals surface area contributed by atoms with E-state index in [0.29, 0.717) is 20.8 Å². The number of hydrogen-bond donors (Lipinski definition) is 2. The number of carboxylic acid groups (broad SMARTS) is 1. The van der Waals surface area contributed by atoms with Gasteiger partial charge in [-0.3, -0.25) is 4.79 Å². The van der Waals surface area contributed by atoms with Crippen LogP contribution in [0.4, 0.5) is 0 Å². The summed E-state index contributed by atoms with van der Waals surface area (Å²) in [6, 6.07) is 0.698. The van der Waals surface area contributed by atoms with Gasteiger partial charge in [-0.1, -0.05) is 20.3 Å². The lowest BCUT2D eigenvalue weighted by molar-refractivity contribution is -0.140. The highest BCUT2D eigenvalue weighted by Gasteiger charge is 2.26. The molecule has 2 atom stereocenters. The molecule has 0 aliphatic carbocycles. The number of aliphatic carboxylic acids is 1. The van der Waals surface area contributed by atoms with E-state index in [0.717, 1.165) is 0 Å². The van der Waals surface area contributed by atoms with Crippen molar-refractivity contribution in [3.05, 3.63) is 14.7 Å². The molecule has 1 heterocycles. The van der Waals surface area contributed by atoms with Gasteiger partial charge < -0.3 is 15.2 Å². The van der Waals surface area contributed by atoms with Crippen LogP contribution in [0.2, 0.25) is 0 Å². The molecule has 1 amide bonds. The number of ether oxygens (including phenoxy) is 1. The first-order valence-corrected chi connectivity index (χ1v) is 7.38. The Kier molecular flexibility index (Phi) is 5.81. The second kappa shape index (κ2) is 6.91. The predicted octanol–water partition coefficient (Wildman–Crippen LogP) is 2.75. The van der Waals surface area contributed by atoms with Crippen molar-refractivity contribution in [3.8, 4) is 5.75 Å². The zero-order valence-corrected chi connectivity index (χ0v) is 13.3. The van der Waals surface area contributed by atoms with Crippen LogP contribution in [0.3, 0.4) is 0 Å². The molecule has 2 unspecified atom stereocenters. The Morgan fingerprint density at radius 2 is 2.21 bits per heavy atom. The number of hydrogen-bond acceptors (Lipinski definition) is 4. The van der Waals surface area contributed by atoms with E-state index in [9.17, 15) is 9.59 Å². The Morgan fingerprint density at radius 1 is 1.58 bits per heavy atom. The van der Waals surface area contributed by atoms with Gasteiger partial charge in [-0.2, -0.15) is 0 Å². The molecule has 1 aromatic rings. The van der Waals surface area contributed by atoms with Gasteiger partial charge in [-0.05, 0) is 21.8 Å². The van der Waals surface area contributed by atoms with Gasteiger partial charge in [-0.15, -0.1) is 11.3 Å². The Balaban J connectivity index is 2.84. The molecule has 19 heavy (non-hydrogen) atoms. The van der Waals surface area contributed by atoms with E-state index in [-0.39, 0.29) is 5.92 Å². The van der Waals surface area contributed by atoms with Crippen molar-refractivity contribution in [1.29, 1.82) is 0 Å². The largest absolute Gasteiger partial charge is 0.495 e. The lowest BCUT2D eigenvalue weighted by Crippen LogP contribution is -2.44. The molecule has 0 spiro atoms. The van der Waals surface area contributed by atoms with Crippen LogP contribution < -0.4 is 10.1 Å². The highest BCUT2D eigenvalue weighted by Crippen LogP contribution is 2.34. The number of nitrogens with one attached hydrogen (secondary N) is 1. The van der Waals surface area contributed by atoms with Crippen molar-refractivity contribution >= 4 is 39.1 Å². The lowest BCUT2D eigenvalue weighted by atomic mass is 9.99. The fourth-order valence-corrected chi connectivity index (χ4v) is 3.05. The standard InChI is InChI=1S/C12H16BrNO4S/c1-4-6(2)9(12(16)17)14-11(15)8-5-7(18-3)10(13)19-8/h5-6,9H,4H2,1-3H3,(H,14,15)(H,16,17). The third-order valence-corrected chi connectivity index (χ3v) is 4.64. The fourth-order valence-electron chi connectivity index (χ4n) is 1.50. The summed E-state index contributed by atoms with van der Waals surface area (Å²) in [5.74, 6) is -0.996. The highest BCUT2D eigenvalue weighted by atomic mass is 79.9. The van der Waals surface area contributed by atoms with Gasteiger partial charge >= 0.3 is 5.97 Å². The first-order chi connectivity index (χ1) is 8.90. The number of methoxy groups -OCH3 is 1. The summed E-state index contributed by atoms with van der Waals surface area (Å²) < 4.78 is 5.77. The van der Waals surface area contributed by atoms with Crippen LogP contribution in [-0.2, 0) is 4.79 Å². The minimum atomic E-state index is -1.02. The molecule has 0 radical (unpaired) electrons. The van der Waals surface area contributed by atoms with Gasteiger partial charge in [0.05, 0.1) is 12.0 Å². The second-order valence-electron chi connectivity index (χ2n) is 4.13. The third-order valence-electron chi connectivity index (χ3n) is 2.86. The topological polar surface area (TPSA) is 75.6 Å². The molecule has 0 saturated heterocycles. The minimum Gasteiger partial charge on any atom is -0.495 e. The van der Waals surface area contributed by atoms with Gasteiger partial charge in [0.2, 0.25) is 0 Å². The molecule has 0 fully saturated rings. The normalized spacial score (nSPS) is 13.7. The molecule has 106 valence electrons. The lowest BCUT2D eigenvalue weighted by Gasteiger charge is -2.19. The number of carbonyl (C=O) groups is 2. The quantitative estimate of drug-likeness (QED) is 0.827. The molecule has 5 nitrogen and oxygen atoms in total. The summed E-state index contributed by atoms with van der Waals surface area (Å²) >= 11 is 4.49. The summed E-state index contributed by atoms with van der Waals surface area (Å²) in [6.07, 6.45) is 0.675. The van der Waals surface area contributed by atoms with E-state index < -0.39 is 17.9 Å². The van der Waals surface area contributed by atoms with E-state index in [1.54, 1.807) is 13.0 Å². The third kappa shape index (κ3) is 3.94. The maximum Gasteiger partial charge on any atom is 0.326 e. The number of carbonyl (C=O) groups excluding carboxylic acids is 1. The molecule has 1 rings (SSSR count). The van der Waals surface area contributed by atoms with E-state index in [4.69, 9.17) is 9.84 Å². The molecular weight excluding hydrogens is 334 g/mol. The molecule has 0 aliphatic heterocycles. The molecule has 7 heteroatoms. The van der Waals surface area contributed by atoms with E-state index in [2.05, 4.69) is 21.2 Å². The molecular formula is C12H16BrNO4S. The Morgan fingerprint density at radius 3 is 2.63 bits per heavy atom. The SMILES string of the molecule is CCC(C)C(NC(=O)c1cc(OC)c(Br)s1)C(=O)O. The summed E-state index contributed by atoms with van der Waals surface area (Å²) in [4.78, 5) is 23.6. The molecule has 0 bridgehead atoms.